The van der Waals surface area contributed by atoms with Crippen molar-refractivity contribution in [2.75, 3.05) is 12.3 Å². The summed E-state index contributed by atoms with van der Waals surface area (Å²) in [6.45, 7) is 1.86. The van der Waals surface area contributed by atoms with Crippen molar-refractivity contribution in [3.63, 3.8) is 0 Å². The van der Waals surface area contributed by atoms with E-state index >= 15 is 0 Å². The van der Waals surface area contributed by atoms with E-state index < -0.39 is 15.8 Å². The molecule has 6 heteroatoms. The minimum atomic E-state index is -3.80. The smallest absolute Gasteiger partial charge is 0.243 e. The predicted octanol–water partition coefficient (Wildman–Crippen LogP) is 1.40. The van der Waals surface area contributed by atoms with Crippen LogP contribution in [0.25, 0.3) is 0 Å². The van der Waals surface area contributed by atoms with Crippen LogP contribution >= 0.6 is 0 Å². The highest BCUT2D eigenvalue weighted by Crippen LogP contribution is 2.28. The second-order valence-corrected chi connectivity index (χ2v) is 6.18. The van der Waals surface area contributed by atoms with Crippen molar-refractivity contribution >= 4 is 15.7 Å². The molecule has 1 fully saturated rings. The number of nitrogen functional groups attached to an aromatic ring is 1. The summed E-state index contributed by atoms with van der Waals surface area (Å²) in [5, 5.41) is 0. The molecule has 0 atom stereocenters. The average Bonchev–Trinajstić information content (AvgIpc) is 3.04. The fourth-order valence-electron chi connectivity index (χ4n) is 1.59. The third kappa shape index (κ3) is 2.76. The lowest BCUT2D eigenvalue weighted by Crippen LogP contribution is -2.27. The molecule has 1 aliphatic carbocycles. The zero-order valence-corrected chi connectivity index (χ0v) is 10.3. The Balaban J connectivity index is 2.30. The molecular weight excluding hydrogens is 243 g/mol. The first-order valence-corrected chi connectivity index (χ1v) is 6.94. The summed E-state index contributed by atoms with van der Waals surface area (Å²) >= 11 is 0. The molecule has 0 saturated heterocycles. The molecule has 94 valence electrons. The topological polar surface area (TPSA) is 72.2 Å². The standard InChI is InChI=1S/C11H15FN2O2S/c1-7-4-9(13)5-10(11(7)12)17(15,16)14-6-8-2-3-8/h4-5,8,14H,2-3,6,13H2,1H3. The number of hydrogen-bond donors (Lipinski definition) is 2. The Morgan fingerprint density at radius 3 is 2.71 bits per heavy atom. The quantitative estimate of drug-likeness (QED) is 0.802. The van der Waals surface area contributed by atoms with Crippen LogP contribution in [0.5, 0.6) is 0 Å². The first-order valence-electron chi connectivity index (χ1n) is 5.45. The van der Waals surface area contributed by atoms with Crippen molar-refractivity contribution in [3.05, 3.63) is 23.5 Å². The largest absolute Gasteiger partial charge is 0.399 e. The minimum absolute atomic E-state index is 0.233. The van der Waals surface area contributed by atoms with E-state index in [4.69, 9.17) is 5.73 Å². The number of hydrogen-bond acceptors (Lipinski definition) is 3. The number of sulfonamides is 1. The van der Waals surface area contributed by atoms with Gasteiger partial charge in [0.1, 0.15) is 10.7 Å². The molecule has 0 aliphatic heterocycles. The van der Waals surface area contributed by atoms with Crippen molar-refractivity contribution in [3.8, 4) is 0 Å². The summed E-state index contributed by atoms with van der Waals surface area (Å²) in [6.07, 6.45) is 2.06. The van der Waals surface area contributed by atoms with Crippen LogP contribution in [0.4, 0.5) is 10.1 Å². The van der Waals surface area contributed by atoms with E-state index in [0.717, 1.165) is 18.9 Å². The van der Waals surface area contributed by atoms with E-state index in [2.05, 4.69) is 4.72 Å². The number of halogens is 1. The molecule has 0 spiro atoms. The van der Waals surface area contributed by atoms with Gasteiger partial charge in [0.15, 0.2) is 0 Å². The lowest BCUT2D eigenvalue weighted by atomic mass is 10.2. The van der Waals surface area contributed by atoms with Crippen LogP contribution in [0, 0.1) is 18.7 Å². The molecule has 0 bridgehead atoms. The highest BCUT2D eigenvalue weighted by atomic mass is 32.2. The van der Waals surface area contributed by atoms with Gasteiger partial charge in [0.25, 0.3) is 0 Å². The summed E-state index contributed by atoms with van der Waals surface area (Å²) in [7, 11) is -3.80. The molecule has 0 unspecified atom stereocenters. The fourth-order valence-corrected chi connectivity index (χ4v) is 2.89. The normalized spacial score (nSPS) is 16.1. The number of rotatable bonds is 4. The molecule has 0 radical (unpaired) electrons. The highest BCUT2D eigenvalue weighted by molar-refractivity contribution is 7.89. The Bertz CT molecular complexity index is 539. The summed E-state index contributed by atoms with van der Waals surface area (Å²) in [4.78, 5) is -0.365. The zero-order chi connectivity index (χ0) is 12.6. The molecule has 0 amide bonds. The SMILES string of the molecule is Cc1cc(N)cc(S(=O)(=O)NCC2CC2)c1F. The van der Waals surface area contributed by atoms with Crippen molar-refractivity contribution < 1.29 is 12.8 Å². The minimum Gasteiger partial charge on any atom is -0.399 e. The van der Waals surface area contributed by atoms with Crippen molar-refractivity contribution in [2.45, 2.75) is 24.7 Å². The van der Waals surface area contributed by atoms with E-state index in [1.807, 2.05) is 0 Å². The monoisotopic (exact) mass is 258 g/mol. The Morgan fingerprint density at radius 1 is 1.47 bits per heavy atom. The third-order valence-corrected chi connectivity index (χ3v) is 4.21. The number of nitrogens with one attached hydrogen (secondary N) is 1. The van der Waals surface area contributed by atoms with Crippen LogP contribution in [0.1, 0.15) is 18.4 Å². The molecule has 17 heavy (non-hydrogen) atoms. The lowest BCUT2D eigenvalue weighted by molar-refractivity contribution is 0.551. The fraction of sp³-hybridized carbons (Fsp3) is 0.455. The maximum atomic E-state index is 13.7. The second-order valence-electron chi connectivity index (χ2n) is 4.45. The highest BCUT2D eigenvalue weighted by Gasteiger charge is 2.26. The molecule has 0 heterocycles. The van der Waals surface area contributed by atoms with Gasteiger partial charge in [-0.2, -0.15) is 0 Å². The van der Waals surface area contributed by atoms with Crippen LogP contribution in [0.3, 0.4) is 0 Å². The van der Waals surface area contributed by atoms with Crippen LogP contribution in [0.15, 0.2) is 17.0 Å². The van der Waals surface area contributed by atoms with E-state index in [1.54, 1.807) is 0 Å². The van der Waals surface area contributed by atoms with Crippen molar-refractivity contribution in [2.24, 2.45) is 5.92 Å². The summed E-state index contributed by atoms with van der Waals surface area (Å²) in [6, 6.07) is 2.56. The molecule has 1 saturated carbocycles. The van der Waals surface area contributed by atoms with Gasteiger partial charge in [0, 0.05) is 12.2 Å². The van der Waals surface area contributed by atoms with Gasteiger partial charge < -0.3 is 5.73 Å². The van der Waals surface area contributed by atoms with Crippen LogP contribution in [-0.2, 0) is 10.0 Å². The van der Waals surface area contributed by atoms with Gasteiger partial charge in [-0.1, -0.05) is 0 Å². The third-order valence-electron chi connectivity index (χ3n) is 2.79. The molecule has 1 aliphatic rings. The molecule has 1 aromatic carbocycles. The predicted molar refractivity (Wildman–Crippen MR) is 63.5 cm³/mol. The van der Waals surface area contributed by atoms with Crippen LogP contribution in [0.2, 0.25) is 0 Å². The van der Waals surface area contributed by atoms with Gasteiger partial charge in [-0.05, 0) is 43.4 Å². The Labute approximate surface area is 100 Å². The number of benzene rings is 1. The lowest BCUT2D eigenvalue weighted by Gasteiger charge is -2.09. The number of aryl methyl sites for hydroxylation is 1. The van der Waals surface area contributed by atoms with Gasteiger partial charge in [-0.15, -0.1) is 0 Å². The maximum Gasteiger partial charge on any atom is 0.243 e. The molecular formula is C11H15FN2O2S. The van der Waals surface area contributed by atoms with E-state index in [-0.39, 0.29) is 16.1 Å². The van der Waals surface area contributed by atoms with Crippen molar-refractivity contribution in [1.82, 2.24) is 4.72 Å². The zero-order valence-electron chi connectivity index (χ0n) is 9.53. The van der Waals surface area contributed by atoms with Crippen LogP contribution < -0.4 is 10.5 Å². The molecule has 4 nitrogen and oxygen atoms in total. The average molecular weight is 258 g/mol. The Morgan fingerprint density at radius 2 is 2.12 bits per heavy atom. The number of nitrogens with two attached hydrogens (primary N) is 1. The van der Waals surface area contributed by atoms with Gasteiger partial charge in [-0.3, -0.25) is 0 Å². The van der Waals surface area contributed by atoms with Gasteiger partial charge in [0.05, 0.1) is 0 Å². The summed E-state index contributed by atoms with van der Waals surface area (Å²) < 4.78 is 39.9. The molecule has 0 aromatic heterocycles. The molecule has 1 aromatic rings. The summed E-state index contributed by atoms with van der Waals surface area (Å²) in [5.41, 5.74) is 6.01. The van der Waals surface area contributed by atoms with Gasteiger partial charge >= 0.3 is 0 Å². The number of anilines is 1. The van der Waals surface area contributed by atoms with E-state index in [0.29, 0.717) is 12.5 Å². The van der Waals surface area contributed by atoms with Gasteiger partial charge in [0.2, 0.25) is 10.0 Å². The van der Waals surface area contributed by atoms with Crippen LogP contribution in [-0.4, -0.2) is 15.0 Å². The second kappa shape index (κ2) is 4.27. The van der Waals surface area contributed by atoms with Crippen molar-refractivity contribution in [1.29, 1.82) is 0 Å². The first kappa shape index (κ1) is 12.3. The molecule has 3 N–H and O–H groups in total. The molecule has 2 rings (SSSR count). The summed E-state index contributed by atoms with van der Waals surface area (Å²) in [5.74, 6) is -0.336. The van der Waals surface area contributed by atoms with E-state index in [9.17, 15) is 12.8 Å². The van der Waals surface area contributed by atoms with Gasteiger partial charge in [-0.25, -0.2) is 17.5 Å². The Hall–Kier alpha value is -1.14. The first-order chi connectivity index (χ1) is 7.90. The maximum absolute atomic E-state index is 13.7. The Kier molecular flexibility index (Phi) is 3.09. The van der Waals surface area contributed by atoms with E-state index in [1.165, 1.54) is 13.0 Å².